The van der Waals surface area contributed by atoms with Crippen molar-refractivity contribution >= 4 is 12.1 Å². The van der Waals surface area contributed by atoms with Crippen molar-refractivity contribution in [1.82, 2.24) is 0 Å². The molecule has 1 heterocycles. The maximum Gasteiger partial charge on any atom is 0.477 e. The summed E-state index contributed by atoms with van der Waals surface area (Å²) in [4.78, 5) is 10.2. The second kappa shape index (κ2) is 2.64. The topological polar surface area (TPSA) is 37.6 Å². The highest BCUT2D eigenvalue weighted by molar-refractivity contribution is 5.88. The van der Waals surface area contributed by atoms with Gasteiger partial charge in [-0.25, -0.2) is 4.42 Å². The van der Waals surface area contributed by atoms with Gasteiger partial charge in [-0.1, -0.05) is 0 Å². The molecule has 1 aliphatic rings. The second-order valence-corrected chi connectivity index (χ2v) is 2.11. The molecule has 0 aromatic heterocycles. The SMILES string of the molecule is CC1=CC(C)=[O+]C(C=O)O1. The highest BCUT2D eigenvalue weighted by Gasteiger charge is 2.23. The van der Waals surface area contributed by atoms with Crippen LogP contribution in [0.25, 0.3) is 0 Å². The highest BCUT2D eigenvalue weighted by atomic mass is 16.6. The van der Waals surface area contributed by atoms with E-state index >= 15 is 0 Å². The van der Waals surface area contributed by atoms with Gasteiger partial charge in [0.1, 0.15) is 5.76 Å². The zero-order chi connectivity index (χ0) is 7.56. The van der Waals surface area contributed by atoms with Crippen LogP contribution in [-0.2, 0) is 14.0 Å². The Bertz CT molecular complexity index is 203. The number of ether oxygens (including phenoxy) is 1. The quantitative estimate of drug-likeness (QED) is 0.395. The van der Waals surface area contributed by atoms with E-state index in [1.54, 1.807) is 19.9 Å². The molecule has 1 unspecified atom stereocenters. The number of carbonyl (C=O) groups is 1. The lowest BCUT2D eigenvalue weighted by atomic mass is 10.3. The number of aldehydes is 1. The summed E-state index contributed by atoms with van der Waals surface area (Å²) in [5.41, 5.74) is 0. The molecule has 1 rings (SSSR count). The summed E-state index contributed by atoms with van der Waals surface area (Å²) in [5, 5.41) is 0. The van der Waals surface area contributed by atoms with Crippen molar-refractivity contribution in [3.8, 4) is 0 Å². The molecule has 0 aromatic rings. The maximum absolute atomic E-state index is 10.2. The maximum atomic E-state index is 10.2. The van der Waals surface area contributed by atoms with Crippen molar-refractivity contribution in [3.05, 3.63) is 11.8 Å². The molecule has 1 aliphatic heterocycles. The van der Waals surface area contributed by atoms with E-state index in [9.17, 15) is 4.79 Å². The van der Waals surface area contributed by atoms with E-state index in [1.165, 1.54) is 0 Å². The largest absolute Gasteiger partial charge is 0.477 e. The first-order chi connectivity index (χ1) is 4.72. The smallest absolute Gasteiger partial charge is 0.410 e. The molecule has 3 nitrogen and oxygen atoms in total. The Kier molecular flexibility index (Phi) is 1.85. The zero-order valence-corrected chi connectivity index (χ0v) is 5.96. The number of hydrogen-bond donors (Lipinski definition) is 0. The molecule has 0 saturated heterocycles. The summed E-state index contributed by atoms with van der Waals surface area (Å²) in [5.74, 6) is 1.42. The summed E-state index contributed by atoms with van der Waals surface area (Å²) >= 11 is 0. The third-order valence-electron chi connectivity index (χ3n) is 1.12. The number of hydrogen-bond acceptors (Lipinski definition) is 2. The van der Waals surface area contributed by atoms with Crippen LogP contribution in [0.2, 0.25) is 0 Å². The lowest BCUT2D eigenvalue weighted by molar-refractivity contribution is -0.538. The fourth-order valence-corrected chi connectivity index (χ4v) is 0.800. The van der Waals surface area contributed by atoms with Crippen molar-refractivity contribution < 1.29 is 14.0 Å². The number of rotatable bonds is 1. The predicted molar refractivity (Wildman–Crippen MR) is 35.4 cm³/mol. The van der Waals surface area contributed by atoms with E-state index in [0.717, 1.165) is 0 Å². The van der Waals surface area contributed by atoms with E-state index in [1.807, 2.05) is 0 Å². The molecule has 1 atom stereocenters. The number of allylic oxidation sites excluding steroid dienone is 2. The molecule has 0 aliphatic carbocycles. The first-order valence-electron chi connectivity index (χ1n) is 3.03. The van der Waals surface area contributed by atoms with Gasteiger partial charge in [-0.2, -0.15) is 0 Å². The minimum atomic E-state index is -0.745. The van der Waals surface area contributed by atoms with Gasteiger partial charge in [0.05, 0.1) is 13.0 Å². The molecule has 0 aromatic carbocycles. The number of carbonyl (C=O) groups excluding carboxylic acids is 2. The van der Waals surface area contributed by atoms with Gasteiger partial charge in [-0.05, 0) is 6.92 Å². The summed E-state index contributed by atoms with van der Waals surface area (Å²) in [6.45, 7) is 3.56. The van der Waals surface area contributed by atoms with Gasteiger partial charge in [0.15, 0.2) is 0 Å². The second-order valence-electron chi connectivity index (χ2n) is 2.11. The van der Waals surface area contributed by atoms with Crippen molar-refractivity contribution in [2.24, 2.45) is 0 Å². The first kappa shape index (κ1) is 6.99. The summed E-state index contributed by atoms with van der Waals surface area (Å²) in [6, 6.07) is 0. The molecular weight excluding hydrogens is 132 g/mol. The molecule has 0 amide bonds. The molecule has 54 valence electrons. The van der Waals surface area contributed by atoms with Crippen molar-refractivity contribution in [1.29, 1.82) is 0 Å². The standard InChI is InChI=1S/C7H9O3/c1-5-3-6(2)10-7(4-8)9-5/h3-4,7H,1-2H3/q+1. The molecule has 10 heavy (non-hydrogen) atoms. The Hall–Kier alpha value is -1.12. The van der Waals surface area contributed by atoms with Crippen LogP contribution in [0.1, 0.15) is 13.8 Å². The summed E-state index contributed by atoms with van der Waals surface area (Å²) in [6.07, 6.45) is 1.62. The molecule has 0 saturated carbocycles. The van der Waals surface area contributed by atoms with Crippen LogP contribution in [0.15, 0.2) is 11.8 Å². The van der Waals surface area contributed by atoms with Crippen LogP contribution in [0.4, 0.5) is 0 Å². The Labute approximate surface area is 59.0 Å². The van der Waals surface area contributed by atoms with Crippen LogP contribution < -0.4 is 0 Å². The van der Waals surface area contributed by atoms with Crippen molar-refractivity contribution in [3.63, 3.8) is 0 Å². The third-order valence-corrected chi connectivity index (χ3v) is 1.12. The van der Waals surface area contributed by atoms with E-state index in [2.05, 4.69) is 0 Å². The molecule has 0 radical (unpaired) electrons. The van der Waals surface area contributed by atoms with Crippen LogP contribution in [-0.4, -0.2) is 18.4 Å². The highest BCUT2D eigenvalue weighted by Crippen LogP contribution is 2.04. The van der Waals surface area contributed by atoms with Gasteiger partial charge in [0, 0.05) is 0 Å². The Morgan fingerprint density at radius 3 is 2.90 bits per heavy atom. The molecular formula is C7H9O3+. The minimum absolute atomic E-state index is 0.625. The predicted octanol–water partition coefficient (Wildman–Crippen LogP) is 0.570. The van der Waals surface area contributed by atoms with Crippen molar-refractivity contribution in [2.75, 3.05) is 0 Å². The van der Waals surface area contributed by atoms with Gasteiger partial charge < -0.3 is 4.74 Å². The van der Waals surface area contributed by atoms with Gasteiger partial charge in [0.25, 0.3) is 6.29 Å². The van der Waals surface area contributed by atoms with E-state index in [4.69, 9.17) is 9.16 Å². The average Bonchev–Trinajstić information content (AvgIpc) is 1.85. The van der Waals surface area contributed by atoms with Crippen LogP contribution in [0.3, 0.4) is 0 Å². The summed E-state index contributed by atoms with van der Waals surface area (Å²) < 4.78 is 9.91. The fourth-order valence-electron chi connectivity index (χ4n) is 0.800. The number of ketones is 1. The van der Waals surface area contributed by atoms with Crippen LogP contribution in [0, 0.1) is 0 Å². The minimum Gasteiger partial charge on any atom is -0.410 e. The average molecular weight is 141 g/mol. The van der Waals surface area contributed by atoms with Crippen LogP contribution >= 0.6 is 0 Å². The normalized spacial score (nSPS) is 24.4. The summed E-state index contributed by atoms with van der Waals surface area (Å²) in [7, 11) is 0. The van der Waals surface area contributed by atoms with E-state index in [-0.39, 0.29) is 0 Å². The van der Waals surface area contributed by atoms with E-state index in [0.29, 0.717) is 17.8 Å². The molecule has 3 heteroatoms. The van der Waals surface area contributed by atoms with Gasteiger partial charge >= 0.3 is 12.1 Å². The van der Waals surface area contributed by atoms with Gasteiger partial charge in [-0.3, -0.25) is 4.79 Å². The van der Waals surface area contributed by atoms with Gasteiger partial charge in [0.2, 0.25) is 0 Å². The lowest BCUT2D eigenvalue weighted by Gasteiger charge is -2.04. The van der Waals surface area contributed by atoms with E-state index < -0.39 is 6.29 Å². The first-order valence-corrected chi connectivity index (χ1v) is 3.03. The lowest BCUT2D eigenvalue weighted by Crippen LogP contribution is -2.20. The molecule has 0 fully saturated rings. The monoisotopic (exact) mass is 141 g/mol. The Balaban J connectivity index is 2.76. The Morgan fingerprint density at radius 2 is 2.40 bits per heavy atom. The fraction of sp³-hybridized carbons (Fsp3) is 0.429. The molecule has 0 bridgehead atoms. The third kappa shape index (κ3) is 1.43. The van der Waals surface area contributed by atoms with Crippen molar-refractivity contribution in [2.45, 2.75) is 20.1 Å². The Morgan fingerprint density at radius 1 is 1.70 bits per heavy atom. The zero-order valence-electron chi connectivity index (χ0n) is 5.96. The molecule has 0 spiro atoms. The van der Waals surface area contributed by atoms with Gasteiger partial charge in [-0.15, -0.1) is 0 Å². The molecule has 0 N–H and O–H groups in total. The van der Waals surface area contributed by atoms with Crippen LogP contribution in [0.5, 0.6) is 0 Å².